The highest BCUT2D eigenvalue weighted by molar-refractivity contribution is 5.95. The van der Waals surface area contributed by atoms with E-state index in [4.69, 9.17) is 4.74 Å². The van der Waals surface area contributed by atoms with E-state index in [2.05, 4.69) is 5.32 Å². The van der Waals surface area contributed by atoms with E-state index in [-0.39, 0.29) is 30.7 Å². The van der Waals surface area contributed by atoms with Crippen LogP contribution >= 0.6 is 0 Å². The smallest absolute Gasteiger partial charge is 0.229 e. The Balaban J connectivity index is 1.34. The minimum atomic E-state index is -1.14. The third-order valence-electron chi connectivity index (χ3n) is 5.45. The predicted molar refractivity (Wildman–Crippen MR) is 93.5 cm³/mol. The van der Waals surface area contributed by atoms with Gasteiger partial charge in [0.1, 0.15) is 18.3 Å². The van der Waals surface area contributed by atoms with Crippen LogP contribution in [0.4, 0.5) is 5.69 Å². The van der Waals surface area contributed by atoms with Gasteiger partial charge in [0.2, 0.25) is 11.8 Å². The number of ether oxygens (including phenoxy) is 1. The van der Waals surface area contributed by atoms with Crippen LogP contribution in [0.25, 0.3) is 0 Å². The molecule has 26 heavy (non-hydrogen) atoms. The Hall–Kier alpha value is -1.96. The number of carbonyl (C=O) groups excluding carboxylic acids is 2. The minimum absolute atomic E-state index is 0.000365. The van der Waals surface area contributed by atoms with Crippen LogP contribution in [-0.2, 0) is 20.7 Å². The first-order valence-electron chi connectivity index (χ1n) is 9.22. The van der Waals surface area contributed by atoms with Crippen LogP contribution in [0.1, 0.15) is 24.8 Å². The van der Waals surface area contributed by atoms with Gasteiger partial charge in [-0.2, -0.15) is 0 Å². The number of fused-ring (bicyclic) bond motifs is 1. The normalized spacial score (nSPS) is 30.3. The maximum atomic E-state index is 12.7. The fraction of sp³-hybridized carbons (Fsp3) is 0.579. The van der Waals surface area contributed by atoms with E-state index in [1.807, 2.05) is 24.3 Å². The van der Waals surface area contributed by atoms with Crippen LogP contribution in [-0.4, -0.2) is 59.5 Å². The molecule has 7 heteroatoms. The molecule has 140 valence electrons. The number of anilines is 1. The molecule has 2 heterocycles. The molecule has 0 radical (unpaired) electrons. The van der Waals surface area contributed by atoms with Crippen LogP contribution in [0, 0.1) is 5.92 Å². The third kappa shape index (κ3) is 3.34. The largest absolute Gasteiger partial charge is 0.388 e. The van der Waals surface area contributed by atoms with E-state index in [1.54, 1.807) is 4.90 Å². The Bertz CT molecular complexity index is 705. The molecule has 0 spiro atoms. The Kier molecular flexibility index (Phi) is 4.69. The van der Waals surface area contributed by atoms with E-state index >= 15 is 0 Å². The molecule has 2 aliphatic heterocycles. The van der Waals surface area contributed by atoms with Gasteiger partial charge in [-0.3, -0.25) is 9.59 Å². The lowest BCUT2D eigenvalue weighted by atomic mass is 10.0. The van der Waals surface area contributed by atoms with Crippen molar-refractivity contribution in [2.24, 2.45) is 5.92 Å². The van der Waals surface area contributed by atoms with Crippen molar-refractivity contribution in [1.29, 1.82) is 0 Å². The van der Waals surface area contributed by atoms with Gasteiger partial charge in [-0.05, 0) is 30.9 Å². The zero-order valence-corrected chi connectivity index (χ0v) is 14.5. The Morgan fingerprint density at radius 3 is 2.65 bits per heavy atom. The summed E-state index contributed by atoms with van der Waals surface area (Å²) in [6.45, 7) is 0.759. The van der Waals surface area contributed by atoms with E-state index in [1.165, 1.54) is 0 Å². The second kappa shape index (κ2) is 6.98. The number of benzene rings is 1. The number of hydrogen-bond donors (Lipinski definition) is 3. The summed E-state index contributed by atoms with van der Waals surface area (Å²) in [5.74, 6) is -0.0940. The fourth-order valence-electron chi connectivity index (χ4n) is 3.73. The average molecular weight is 360 g/mol. The molecule has 0 aromatic heterocycles. The molecule has 1 aromatic rings. The summed E-state index contributed by atoms with van der Waals surface area (Å²) < 4.78 is 5.69. The zero-order chi connectivity index (χ0) is 18.3. The van der Waals surface area contributed by atoms with E-state index in [0.29, 0.717) is 6.54 Å². The van der Waals surface area contributed by atoms with Crippen molar-refractivity contribution in [3.63, 3.8) is 0 Å². The molecule has 1 saturated carbocycles. The SMILES string of the molecule is O=C(NC[C@H]1O[C@H](CC(=O)N2CCc3ccccc32)[C@H](O)[C@@H]1O)C1CC1. The summed E-state index contributed by atoms with van der Waals surface area (Å²) in [5.41, 5.74) is 2.04. The highest BCUT2D eigenvalue weighted by Crippen LogP contribution is 2.31. The van der Waals surface area contributed by atoms with Gasteiger partial charge in [-0.1, -0.05) is 18.2 Å². The zero-order valence-electron chi connectivity index (χ0n) is 14.5. The van der Waals surface area contributed by atoms with Gasteiger partial charge in [0.15, 0.2) is 0 Å². The number of aliphatic hydroxyl groups is 2. The van der Waals surface area contributed by atoms with Crippen molar-refractivity contribution in [2.75, 3.05) is 18.0 Å². The molecule has 1 aromatic carbocycles. The summed E-state index contributed by atoms with van der Waals surface area (Å²) in [7, 11) is 0. The van der Waals surface area contributed by atoms with Gasteiger partial charge >= 0.3 is 0 Å². The van der Waals surface area contributed by atoms with Gasteiger partial charge in [-0.15, -0.1) is 0 Å². The summed E-state index contributed by atoms with van der Waals surface area (Å²) in [4.78, 5) is 26.1. The number of para-hydroxylation sites is 1. The molecular formula is C19H24N2O5. The third-order valence-corrected chi connectivity index (χ3v) is 5.45. The molecule has 0 unspecified atom stereocenters. The van der Waals surface area contributed by atoms with Crippen molar-refractivity contribution < 1.29 is 24.5 Å². The highest BCUT2D eigenvalue weighted by atomic mass is 16.5. The molecule has 3 N–H and O–H groups in total. The van der Waals surface area contributed by atoms with Crippen LogP contribution in [0.2, 0.25) is 0 Å². The van der Waals surface area contributed by atoms with E-state index in [9.17, 15) is 19.8 Å². The lowest BCUT2D eigenvalue weighted by Crippen LogP contribution is -2.40. The highest BCUT2D eigenvalue weighted by Gasteiger charge is 2.44. The van der Waals surface area contributed by atoms with Crippen LogP contribution in [0.3, 0.4) is 0 Å². The van der Waals surface area contributed by atoms with Crippen molar-refractivity contribution in [1.82, 2.24) is 5.32 Å². The number of hydrogen-bond acceptors (Lipinski definition) is 5. The van der Waals surface area contributed by atoms with Crippen LogP contribution < -0.4 is 10.2 Å². The van der Waals surface area contributed by atoms with Crippen LogP contribution in [0.5, 0.6) is 0 Å². The number of carbonyl (C=O) groups is 2. The Labute approximate surface area is 151 Å². The quantitative estimate of drug-likeness (QED) is 0.686. The van der Waals surface area contributed by atoms with Crippen molar-refractivity contribution >= 4 is 17.5 Å². The molecule has 4 rings (SSSR count). The maximum absolute atomic E-state index is 12.7. The first-order chi connectivity index (χ1) is 12.5. The molecule has 4 atom stereocenters. The first kappa shape index (κ1) is 17.5. The number of nitrogens with one attached hydrogen (secondary N) is 1. The second-order valence-corrected chi connectivity index (χ2v) is 7.34. The van der Waals surface area contributed by atoms with Gasteiger partial charge < -0.3 is 25.2 Å². The minimum Gasteiger partial charge on any atom is -0.388 e. The standard InChI is InChI=1S/C19H24N2O5/c22-16(21-8-7-11-3-1-2-4-13(11)21)9-14-17(23)18(24)15(26-14)10-20-19(25)12-5-6-12/h1-4,12,14-15,17-18,23-24H,5-10H2,(H,20,25)/t14-,15-,17+,18-/m1/s1. The second-order valence-electron chi connectivity index (χ2n) is 7.34. The van der Waals surface area contributed by atoms with Crippen molar-refractivity contribution in [3.8, 4) is 0 Å². The Morgan fingerprint density at radius 1 is 1.15 bits per heavy atom. The summed E-state index contributed by atoms with van der Waals surface area (Å²) in [5, 5.41) is 23.2. The molecule has 2 fully saturated rings. The van der Waals surface area contributed by atoms with Gasteiger partial charge in [0, 0.05) is 24.7 Å². The van der Waals surface area contributed by atoms with Crippen molar-refractivity contribution in [2.45, 2.75) is 50.1 Å². The Morgan fingerprint density at radius 2 is 1.88 bits per heavy atom. The topological polar surface area (TPSA) is 99.1 Å². The van der Waals surface area contributed by atoms with E-state index in [0.717, 1.165) is 30.5 Å². The monoisotopic (exact) mass is 360 g/mol. The average Bonchev–Trinajstić information content (AvgIpc) is 3.35. The van der Waals surface area contributed by atoms with Gasteiger partial charge in [-0.25, -0.2) is 0 Å². The first-order valence-corrected chi connectivity index (χ1v) is 9.22. The molecule has 7 nitrogen and oxygen atoms in total. The van der Waals surface area contributed by atoms with E-state index < -0.39 is 24.4 Å². The number of amides is 2. The maximum Gasteiger partial charge on any atom is 0.229 e. The van der Waals surface area contributed by atoms with Gasteiger partial charge in [0.25, 0.3) is 0 Å². The lowest BCUT2D eigenvalue weighted by Gasteiger charge is -2.21. The molecule has 1 saturated heterocycles. The molecule has 1 aliphatic carbocycles. The number of rotatable bonds is 5. The summed E-state index contributed by atoms with van der Waals surface area (Å²) in [6, 6.07) is 7.77. The predicted octanol–water partition coefficient (Wildman–Crippen LogP) is -0.0188. The molecular weight excluding hydrogens is 336 g/mol. The number of aliphatic hydroxyl groups excluding tert-OH is 2. The number of nitrogens with zero attached hydrogens (tertiary/aromatic N) is 1. The molecule has 2 amide bonds. The summed E-state index contributed by atoms with van der Waals surface area (Å²) >= 11 is 0. The van der Waals surface area contributed by atoms with Gasteiger partial charge in [0.05, 0.1) is 12.5 Å². The molecule has 3 aliphatic rings. The van der Waals surface area contributed by atoms with Crippen molar-refractivity contribution in [3.05, 3.63) is 29.8 Å². The molecule has 0 bridgehead atoms. The lowest BCUT2D eigenvalue weighted by molar-refractivity contribution is -0.124. The fourth-order valence-corrected chi connectivity index (χ4v) is 3.73. The summed E-state index contributed by atoms with van der Waals surface area (Å²) in [6.07, 6.45) is -1.11. The van der Waals surface area contributed by atoms with Crippen LogP contribution in [0.15, 0.2) is 24.3 Å².